The van der Waals surface area contributed by atoms with Crippen LogP contribution in [0.2, 0.25) is 0 Å². The third kappa shape index (κ3) is 8.83. The number of hydrogen-bond donors (Lipinski definition) is 0. The Kier molecular flexibility index (Phi) is 12.0. The number of benzene rings is 1. The highest BCUT2D eigenvalue weighted by Crippen LogP contribution is 2.31. The summed E-state index contributed by atoms with van der Waals surface area (Å²) in [5, 5.41) is 0. The number of halogens is 2. The Morgan fingerprint density at radius 1 is 1.05 bits per heavy atom. The average molecular weight is 546 g/mol. The molecule has 0 saturated carbocycles. The number of ether oxygens (including phenoxy) is 1. The summed E-state index contributed by atoms with van der Waals surface area (Å²) in [6, 6.07) is 7.86. The summed E-state index contributed by atoms with van der Waals surface area (Å²) in [6.07, 6.45) is 3.98. The molecule has 0 atom stereocenters. The van der Waals surface area contributed by atoms with E-state index >= 15 is 0 Å². The normalized spacial score (nSPS) is 15.3. The van der Waals surface area contributed by atoms with Gasteiger partial charge in [-0.1, -0.05) is 40.2 Å². The number of anilines is 1. The molecule has 2 aromatic rings. The van der Waals surface area contributed by atoms with E-state index < -0.39 is 24.8 Å². The molecule has 39 heavy (non-hydrogen) atoms. The summed E-state index contributed by atoms with van der Waals surface area (Å²) < 4.78 is 31.0. The standard InChI is InChI=1S/C28H35F2N3O4.C2H6/c1-19(34)33(18-25(29)30)24-11-9-20(16-22(24)27(36)37-4)23-10-8-21(17-31-23)26(35)32-14-6-5-12-28(2,3)13-7-15-32;1-2/h8-11,16-17,25H,5-7,12-15,18H2,1-4H3;1-2H3. The molecule has 9 heteroatoms. The smallest absolute Gasteiger partial charge is 0.340 e. The molecule has 0 radical (unpaired) electrons. The maximum Gasteiger partial charge on any atom is 0.340 e. The lowest BCUT2D eigenvalue weighted by molar-refractivity contribution is -0.117. The van der Waals surface area contributed by atoms with E-state index in [0.717, 1.165) is 43.9 Å². The van der Waals surface area contributed by atoms with Crippen LogP contribution >= 0.6 is 0 Å². The van der Waals surface area contributed by atoms with E-state index in [-0.39, 0.29) is 17.2 Å². The van der Waals surface area contributed by atoms with Gasteiger partial charge in [-0.3, -0.25) is 14.6 Å². The van der Waals surface area contributed by atoms with Gasteiger partial charge in [0.2, 0.25) is 5.91 Å². The summed E-state index contributed by atoms with van der Waals surface area (Å²) in [4.78, 5) is 44.8. The van der Waals surface area contributed by atoms with Gasteiger partial charge in [-0.2, -0.15) is 0 Å². The van der Waals surface area contributed by atoms with E-state index in [2.05, 4.69) is 18.8 Å². The van der Waals surface area contributed by atoms with Gasteiger partial charge in [-0.05, 0) is 55.4 Å². The maximum absolute atomic E-state index is 13.2. The maximum atomic E-state index is 13.2. The van der Waals surface area contributed by atoms with Crippen molar-refractivity contribution in [1.82, 2.24) is 9.88 Å². The van der Waals surface area contributed by atoms with Crippen molar-refractivity contribution < 1.29 is 27.9 Å². The zero-order valence-corrected chi connectivity index (χ0v) is 23.9. The molecule has 3 rings (SSSR count). The van der Waals surface area contributed by atoms with E-state index in [1.165, 1.54) is 25.4 Å². The van der Waals surface area contributed by atoms with Crippen LogP contribution in [0.25, 0.3) is 11.3 Å². The van der Waals surface area contributed by atoms with Crippen molar-refractivity contribution in [3.63, 3.8) is 0 Å². The van der Waals surface area contributed by atoms with Crippen LogP contribution in [0.5, 0.6) is 0 Å². The van der Waals surface area contributed by atoms with Crippen LogP contribution in [0.15, 0.2) is 36.5 Å². The Morgan fingerprint density at radius 2 is 1.72 bits per heavy atom. The van der Waals surface area contributed by atoms with Gasteiger partial charge in [0.05, 0.1) is 36.2 Å². The van der Waals surface area contributed by atoms with Crippen molar-refractivity contribution in [2.45, 2.75) is 73.1 Å². The number of aromatic nitrogens is 1. The van der Waals surface area contributed by atoms with Crippen LogP contribution in [-0.2, 0) is 9.53 Å². The first-order valence-corrected chi connectivity index (χ1v) is 13.6. The van der Waals surface area contributed by atoms with Crippen molar-refractivity contribution >= 4 is 23.5 Å². The summed E-state index contributed by atoms with van der Waals surface area (Å²) in [7, 11) is 1.18. The first-order valence-electron chi connectivity index (χ1n) is 13.6. The molecule has 1 fully saturated rings. The molecule has 7 nitrogen and oxygen atoms in total. The molecular formula is C30H41F2N3O4. The minimum atomic E-state index is -2.77. The molecule has 0 unspecified atom stereocenters. The number of hydrogen-bond acceptors (Lipinski definition) is 5. The molecule has 1 aliphatic rings. The van der Waals surface area contributed by atoms with Crippen molar-refractivity contribution in [1.29, 1.82) is 0 Å². The molecule has 1 aliphatic heterocycles. The largest absolute Gasteiger partial charge is 0.465 e. The number of nitrogens with zero attached hydrogens (tertiary/aromatic N) is 3. The molecule has 2 amide bonds. The number of pyridine rings is 1. The number of alkyl halides is 2. The van der Waals surface area contributed by atoms with E-state index in [0.29, 0.717) is 35.3 Å². The second kappa shape index (κ2) is 14.7. The Balaban J connectivity index is 0.00000260. The number of esters is 1. The van der Waals surface area contributed by atoms with Crippen molar-refractivity contribution in [3.8, 4) is 11.3 Å². The van der Waals surface area contributed by atoms with Crippen LogP contribution in [0, 0.1) is 5.41 Å². The number of rotatable bonds is 6. The molecule has 214 valence electrons. The number of amides is 2. The lowest BCUT2D eigenvalue weighted by Gasteiger charge is -2.24. The van der Waals surface area contributed by atoms with Gasteiger partial charge in [-0.25, -0.2) is 13.6 Å². The van der Waals surface area contributed by atoms with E-state index in [4.69, 9.17) is 4.74 Å². The predicted molar refractivity (Wildman–Crippen MR) is 149 cm³/mol. The second-order valence-electron chi connectivity index (χ2n) is 10.2. The van der Waals surface area contributed by atoms with Gasteiger partial charge in [0, 0.05) is 31.8 Å². The highest BCUT2D eigenvalue weighted by atomic mass is 19.3. The van der Waals surface area contributed by atoms with Gasteiger partial charge in [0.15, 0.2) is 0 Å². The fourth-order valence-corrected chi connectivity index (χ4v) is 4.71. The minimum Gasteiger partial charge on any atom is -0.465 e. The van der Waals surface area contributed by atoms with Crippen LogP contribution < -0.4 is 4.90 Å². The summed E-state index contributed by atoms with van der Waals surface area (Å²) in [5.74, 6) is -1.45. The zero-order valence-electron chi connectivity index (χ0n) is 23.9. The summed E-state index contributed by atoms with van der Waals surface area (Å²) >= 11 is 0. The average Bonchev–Trinajstić information content (AvgIpc) is 3.01. The van der Waals surface area contributed by atoms with Gasteiger partial charge >= 0.3 is 5.97 Å². The Bertz CT molecular complexity index is 1120. The predicted octanol–water partition coefficient (Wildman–Crippen LogP) is 6.61. The monoisotopic (exact) mass is 545 g/mol. The van der Waals surface area contributed by atoms with Crippen molar-refractivity contribution in [2.24, 2.45) is 5.41 Å². The minimum absolute atomic E-state index is 0.0302. The van der Waals surface area contributed by atoms with Crippen LogP contribution in [0.4, 0.5) is 14.5 Å². The molecule has 0 spiro atoms. The molecule has 0 N–H and O–H groups in total. The highest BCUT2D eigenvalue weighted by Gasteiger charge is 2.25. The molecular weight excluding hydrogens is 504 g/mol. The van der Waals surface area contributed by atoms with Crippen LogP contribution in [-0.4, -0.2) is 60.8 Å². The molecule has 2 heterocycles. The number of carbonyl (C=O) groups is 3. The zero-order chi connectivity index (χ0) is 29.2. The summed E-state index contributed by atoms with van der Waals surface area (Å²) in [6.45, 7) is 10.3. The lowest BCUT2D eigenvalue weighted by Crippen LogP contribution is -2.34. The lowest BCUT2D eigenvalue weighted by atomic mass is 9.83. The Morgan fingerprint density at radius 3 is 2.31 bits per heavy atom. The fraction of sp³-hybridized carbons (Fsp3) is 0.533. The van der Waals surface area contributed by atoms with Gasteiger partial charge in [0.25, 0.3) is 12.3 Å². The van der Waals surface area contributed by atoms with Crippen molar-refractivity contribution in [3.05, 3.63) is 47.7 Å². The number of carbonyl (C=O) groups excluding carboxylic acids is 3. The Hall–Kier alpha value is -3.36. The van der Waals surface area contributed by atoms with Gasteiger partial charge in [0.1, 0.15) is 0 Å². The van der Waals surface area contributed by atoms with E-state index in [1.807, 2.05) is 18.7 Å². The second-order valence-corrected chi connectivity index (χ2v) is 10.2. The van der Waals surface area contributed by atoms with Gasteiger partial charge < -0.3 is 14.5 Å². The molecule has 0 aliphatic carbocycles. The van der Waals surface area contributed by atoms with E-state index in [9.17, 15) is 23.2 Å². The fourth-order valence-electron chi connectivity index (χ4n) is 4.71. The molecule has 1 aromatic heterocycles. The third-order valence-corrected chi connectivity index (χ3v) is 6.80. The van der Waals surface area contributed by atoms with Crippen LogP contribution in [0.1, 0.15) is 87.4 Å². The quantitative estimate of drug-likeness (QED) is 0.382. The summed E-state index contributed by atoms with van der Waals surface area (Å²) in [5.41, 5.74) is 1.79. The molecule has 1 aromatic carbocycles. The molecule has 1 saturated heterocycles. The van der Waals surface area contributed by atoms with E-state index in [1.54, 1.807) is 18.2 Å². The number of methoxy groups -OCH3 is 1. The molecule has 0 bridgehead atoms. The first kappa shape index (κ1) is 31.9. The van der Waals surface area contributed by atoms with Crippen LogP contribution in [0.3, 0.4) is 0 Å². The highest BCUT2D eigenvalue weighted by molar-refractivity contribution is 6.03. The SMILES string of the molecule is CC.COC(=O)c1cc(-c2ccc(C(=O)N3CCCCC(C)(C)CCC3)cn2)ccc1N(CC(F)F)C(C)=O. The topological polar surface area (TPSA) is 79.8 Å². The Labute approximate surface area is 230 Å². The van der Waals surface area contributed by atoms with Crippen molar-refractivity contribution in [2.75, 3.05) is 31.6 Å². The third-order valence-electron chi connectivity index (χ3n) is 6.80. The van der Waals surface area contributed by atoms with Gasteiger partial charge in [-0.15, -0.1) is 0 Å². The first-order chi connectivity index (χ1) is 18.5.